The van der Waals surface area contributed by atoms with E-state index in [1.54, 1.807) is 0 Å². The molecule has 0 aliphatic carbocycles. The highest BCUT2D eigenvalue weighted by atomic mass is 32.2. The van der Waals surface area contributed by atoms with E-state index in [-0.39, 0.29) is 0 Å². The first-order valence-electron chi connectivity index (χ1n) is 7.70. The molecule has 2 rings (SSSR count). The lowest BCUT2D eigenvalue weighted by Crippen LogP contribution is -2.39. The van der Waals surface area contributed by atoms with Crippen LogP contribution < -0.4 is 5.32 Å². The zero-order valence-electron chi connectivity index (χ0n) is 12.8. The minimum absolute atomic E-state index is 0.292. The number of hydrogen-bond donors (Lipinski definition) is 1. The SMILES string of the molecule is CS(=O)(=O)CCCN1CCCNC(Cc2ccccc2)C1. The predicted molar refractivity (Wildman–Crippen MR) is 87.3 cm³/mol. The third kappa shape index (κ3) is 6.59. The molecule has 1 heterocycles. The van der Waals surface area contributed by atoms with Crippen LogP contribution in [0.4, 0.5) is 0 Å². The predicted octanol–water partition coefficient (Wildman–Crippen LogP) is 1.33. The van der Waals surface area contributed by atoms with Gasteiger partial charge in [-0.1, -0.05) is 30.3 Å². The highest BCUT2D eigenvalue weighted by Crippen LogP contribution is 2.08. The van der Waals surface area contributed by atoms with Gasteiger partial charge in [0.25, 0.3) is 0 Å². The van der Waals surface area contributed by atoms with Gasteiger partial charge in [0.15, 0.2) is 0 Å². The van der Waals surface area contributed by atoms with Crippen molar-refractivity contribution in [3.05, 3.63) is 35.9 Å². The summed E-state index contributed by atoms with van der Waals surface area (Å²) in [5.41, 5.74) is 1.35. The molecule has 1 aliphatic rings. The summed E-state index contributed by atoms with van der Waals surface area (Å²) in [4.78, 5) is 2.40. The summed E-state index contributed by atoms with van der Waals surface area (Å²) < 4.78 is 22.4. The third-order valence-electron chi connectivity index (χ3n) is 3.88. The van der Waals surface area contributed by atoms with Crippen LogP contribution in [0.2, 0.25) is 0 Å². The molecule has 0 radical (unpaired) electrons. The average molecular weight is 310 g/mol. The lowest BCUT2D eigenvalue weighted by atomic mass is 10.1. The van der Waals surface area contributed by atoms with Gasteiger partial charge in [-0.3, -0.25) is 0 Å². The van der Waals surface area contributed by atoms with Gasteiger partial charge >= 0.3 is 0 Å². The molecule has 1 unspecified atom stereocenters. The minimum atomic E-state index is -2.84. The van der Waals surface area contributed by atoms with Gasteiger partial charge in [-0.25, -0.2) is 8.42 Å². The second kappa shape index (κ2) is 7.92. The smallest absolute Gasteiger partial charge is 0.147 e. The Labute approximate surface area is 128 Å². The molecule has 1 atom stereocenters. The van der Waals surface area contributed by atoms with Gasteiger partial charge in [-0.2, -0.15) is 0 Å². The van der Waals surface area contributed by atoms with Crippen LogP contribution in [0.3, 0.4) is 0 Å². The quantitative estimate of drug-likeness (QED) is 0.861. The Hall–Kier alpha value is -0.910. The summed E-state index contributed by atoms with van der Waals surface area (Å²) in [5, 5.41) is 3.61. The molecule has 118 valence electrons. The van der Waals surface area contributed by atoms with Crippen LogP contribution in [-0.4, -0.2) is 57.5 Å². The normalized spacial score (nSPS) is 21.1. The molecular weight excluding hydrogens is 284 g/mol. The number of nitrogens with zero attached hydrogens (tertiary/aromatic N) is 1. The molecular formula is C16H26N2O2S. The van der Waals surface area contributed by atoms with Crippen molar-refractivity contribution in [2.24, 2.45) is 0 Å². The van der Waals surface area contributed by atoms with Crippen molar-refractivity contribution in [1.82, 2.24) is 10.2 Å². The second-order valence-corrected chi connectivity index (χ2v) is 8.24. The summed E-state index contributed by atoms with van der Waals surface area (Å²) in [7, 11) is -2.84. The number of sulfone groups is 1. The molecule has 0 bridgehead atoms. The summed E-state index contributed by atoms with van der Waals surface area (Å²) in [6, 6.07) is 11.0. The van der Waals surface area contributed by atoms with Crippen LogP contribution in [0, 0.1) is 0 Å². The Morgan fingerprint density at radius 1 is 1.29 bits per heavy atom. The number of rotatable bonds is 6. The molecule has 21 heavy (non-hydrogen) atoms. The maximum atomic E-state index is 11.2. The van der Waals surface area contributed by atoms with Gasteiger partial charge in [0.05, 0.1) is 5.75 Å². The highest BCUT2D eigenvalue weighted by Gasteiger charge is 2.18. The van der Waals surface area contributed by atoms with Crippen LogP contribution in [0.1, 0.15) is 18.4 Å². The van der Waals surface area contributed by atoms with E-state index in [1.165, 1.54) is 11.8 Å². The van der Waals surface area contributed by atoms with Crippen LogP contribution in [0.25, 0.3) is 0 Å². The maximum Gasteiger partial charge on any atom is 0.147 e. The van der Waals surface area contributed by atoms with E-state index in [0.29, 0.717) is 11.8 Å². The Bertz CT molecular complexity index is 516. The van der Waals surface area contributed by atoms with E-state index in [1.807, 2.05) is 6.07 Å². The van der Waals surface area contributed by atoms with Crippen LogP contribution >= 0.6 is 0 Å². The zero-order chi connectivity index (χ0) is 15.1. The first kappa shape index (κ1) is 16.5. The lowest BCUT2D eigenvalue weighted by Gasteiger charge is -2.24. The van der Waals surface area contributed by atoms with E-state index in [9.17, 15) is 8.42 Å². The van der Waals surface area contributed by atoms with E-state index in [4.69, 9.17) is 0 Å². The summed E-state index contributed by atoms with van der Waals surface area (Å²) in [6.45, 7) is 3.97. The van der Waals surface area contributed by atoms with Crippen molar-refractivity contribution in [2.75, 3.05) is 38.2 Å². The van der Waals surface area contributed by atoms with Crippen LogP contribution in [-0.2, 0) is 16.3 Å². The van der Waals surface area contributed by atoms with Gasteiger partial charge in [0.2, 0.25) is 0 Å². The maximum absolute atomic E-state index is 11.2. The Balaban J connectivity index is 1.83. The fourth-order valence-electron chi connectivity index (χ4n) is 2.87. The molecule has 4 nitrogen and oxygen atoms in total. The van der Waals surface area contributed by atoms with Crippen molar-refractivity contribution in [2.45, 2.75) is 25.3 Å². The first-order valence-corrected chi connectivity index (χ1v) is 9.76. The Kier molecular flexibility index (Phi) is 6.21. The molecule has 0 spiro atoms. The number of nitrogens with one attached hydrogen (secondary N) is 1. The third-order valence-corrected chi connectivity index (χ3v) is 4.91. The van der Waals surface area contributed by atoms with Gasteiger partial charge in [0, 0.05) is 18.8 Å². The largest absolute Gasteiger partial charge is 0.312 e. The Morgan fingerprint density at radius 2 is 2.05 bits per heavy atom. The molecule has 0 amide bonds. The van der Waals surface area contributed by atoms with E-state index < -0.39 is 9.84 Å². The fraction of sp³-hybridized carbons (Fsp3) is 0.625. The van der Waals surface area contributed by atoms with Crippen molar-refractivity contribution in [3.8, 4) is 0 Å². The topological polar surface area (TPSA) is 49.4 Å². The second-order valence-electron chi connectivity index (χ2n) is 5.98. The minimum Gasteiger partial charge on any atom is -0.312 e. The zero-order valence-corrected chi connectivity index (χ0v) is 13.6. The fourth-order valence-corrected chi connectivity index (χ4v) is 3.52. The molecule has 1 N–H and O–H groups in total. The number of benzene rings is 1. The van der Waals surface area contributed by atoms with E-state index >= 15 is 0 Å². The standard InChI is InChI=1S/C16H26N2O2S/c1-21(19,20)12-6-11-18-10-5-9-17-16(14-18)13-15-7-3-2-4-8-15/h2-4,7-8,16-17H,5-6,9-14H2,1H3. The van der Waals surface area contributed by atoms with Gasteiger partial charge in [-0.05, 0) is 44.5 Å². The lowest BCUT2D eigenvalue weighted by molar-refractivity contribution is 0.268. The van der Waals surface area contributed by atoms with E-state index in [2.05, 4.69) is 34.5 Å². The summed E-state index contributed by atoms with van der Waals surface area (Å²) in [5.74, 6) is 0.292. The van der Waals surface area contributed by atoms with Crippen molar-refractivity contribution in [3.63, 3.8) is 0 Å². The van der Waals surface area contributed by atoms with Crippen molar-refractivity contribution < 1.29 is 8.42 Å². The van der Waals surface area contributed by atoms with Crippen LogP contribution in [0.15, 0.2) is 30.3 Å². The average Bonchev–Trinajstić information content (AvgIpc) is 2.64. The van der Waals surface area contributed by atoms with Gasteiger partial charge < -0.3 is 10.2 Å². The molecule has 1 fully saturated rings. The molecule has 1 aromatic carbocycles. The van der Waals surface area contributed by atoms with Gasteiger partial charge in [0.1, 0.15) is 9.84 Å². The first-order chi connectivity index (χ1) is 10.0. The molecule has 1 saturated heterocycles. The van der Waals surface area contributed by atoms with E-state index in [0.717, 1.165) is 45.4 Å². The van der Waals surface area contributed by atoms with Crippen molar-refractivity contribution >= 4 is 9.84 Å². The monoisotopic (exact) mass is 310 g/mol. The molecule has 1 aromatic rings. The van der Waals surface area contributed by atoms with Crippen molar-refractivity contribution in [1.29, 1.82) is 0 Å². The van der Waals surface area contributed by atoms with Gasteiger partial charge in [-0.15, -0.1) is 0 Å². The van der Waals surface area contributed by atoms with Crippen LogP contribution in [0.5, 0.6) is 0 Å². The molecule has 0 saturated carbocycles. The molecule has 1 aliphatic heterocycles. The molecule has 0 aromatic heterocycles. The highest BCUT2D eigenvalue weighted by molar-refractivity contribution is 7.90. The Morgan fingerprint density at radius 3 is 2.76 bits per heavy atom. The summed E-state index contributed by atoms with van der Waals surface area (Å²) >= 11 is 0. The molecule has 5 heteroatoms. The summed E-state index contributed by atoms with van der Waals surface area (Å²) in [6.07, 6.45) is 4.21. The number of hydrogen-bond acceptors (Lipinski definition) is 4.